The number of carbonyl (C=O) groups excluding carboxylic acids is 1. The molecule has 0 aliphatic heterocycles. The van der Waals surface area contributed by atoms with Gasteiger partial charge in [-0.15, -0.1) is 5.10 Å². The fraction of sp³-hybridized carbons (Fsp3) is 0.357. The average molecular weight is 303 g/mol. The summed E-state index contributed by atoms with van der Waals surface area (Å²) in [5.41, 5.74) is 1.61. The molecule has 2 heterocycles. The maximum atomic E-state index is 12.2. The van der Waals surface area contributed by atoms with Crippen molar-refractivity contribution in [2.45, 2.75) is 32.9 Å². The van der Waals surface area contributed by atoms with Crippen LogP contribution in [0, 0.1) is 4.77 Å². The molecule has 0 spiro atoms. The minimum atomic E-state index is -0.263. The summed E-state index contributed by atoms with van der Waals surface area (Å²) in [6.07, 6.45) is 0. The van der Waals surface area contributed by atoms with Crippen molar-refractivity contribution in [1.29, 1.82) is 0 Å². The molecule has 0 aliphatic carbocycles. The summed E-state index contributed by atoms with van der Waals surface area (Å²) in [6, 6.07) is 7.80. The number of H-pyrrole nitrogens is 1. The lowest BCUT2D eigenvalue weighted by Gasteiger charge is -2.20. The van der Waals surface area contributed by atoms with E-state index in [0.29, 0.717) is 10.5 Å². The lowest BCUT2D eigenvalue weighted by molar-refractivity contribution is -0.122. The number of benzene rings is 1. The summed E-state index contributed by atoms with van der Waals surface area (Å²) in [5, 5.41) is 9.97. The van der Waals surface area contributed by atoms with Crippen LogP contribution in [-0.2, 0) is 11.3 Å². The van der Waals surface area contributed by atoms with Gasteiger partial charge in [0.15, 0.2) is 0 Å². The van der Waals surface area contributed by atoms with E-state index in [0.717, 1.165) is 11.0 Å². The van der Waals surface area contributed by atoms with E-state index in [-0.39, 0.29) is 18.0 Å². The van der Waals surface area contributed by atoms with Crippen molar-refractivity contribution in [2.24, 2.45) is 0 Å². The number of amides is 1. The fourth-order valence-corrected chi connectivity index (χ4v) is 2.66. The van der Waals surface area contributed by atoms with Gasteiger partial charge in [0.1, 0.15) is 6.54 Å². The number of fused-ring (bicyclic) bond motifs is 3. The Hall–Kier alpha value is -2.15. The standard InChI is InChI=1S/C14H17N5OS/c1-14(2,3)15-11(20)8-18-9-6-4-5-7-10(9)19-12(18)16-17-13(19)21/h4-7H,8H2,1-3H3,(H,15,20)(H,17,21). The number of hydrogen-bond acceptors (Lipinski definition) is 3. The number of carbonyl (C=O) groups is 1. The van der Waals surface area contributed by atoms with Crippen LogP contribution < -0.4 is 5.32 Å². The predicted molar refractivity (Wildman–Crippen MR) is 83.8 cm³/mol. The molecule has 21 heavy (non-hydrogen) atoms. The third-order valence-electron chi connectivity index (χ3n) is 3.13. The molecular formula is C14H17N5OS. The van der Waals surface area contributed by atoms with Gasteiger partial charge < -0.3 is 5.32 Å². The zero-order chi connectivity index (χ0) is 15.2. The van der Waals surface area contributed by atoms with Gasteiger partial charge in [0.05, 0.1) is 11.0 Å². The van der Waals surface area contributed by atoms with Crippen LogP contribution in [0.4, 0.5) is 0 Å². The first kappa shape index (κ1) is 13.8. The number of aromatic nitrogens is 4. The van der Waals surface area contributed by atoms with Gasteiger partial charge in [-0.05, 0) is 45.1 Å². The topological polar surface area (TPSA) is 67.1 Å². The van der Waals surface area contributed by atoms with E-state index in [4.69, 9.17) is 12.2 Å². The van der Waals surface area contributed by atoms with E-state index in [1.807, 2.05) is 54.0 Å². The Morgan fingerprint density at radius 2 is 2.00 bits per heavy atom. The van der Waals surface area contributed by atoms with E-state index in [2.05, 4.69) is 15.5 Å². The zero-order valence-corrected chi connectivity index (χ0v) is 13.0. The molecule has 6 nitrogen and oxygen atoms in total. The van der Waals surface area contributed by atoms with Crippen LogP contribution in [-0.4, -0.2) is 30.6 Å². The van der Waals surface area contributed by atoms with Crippen LogP contribution in [0.2, 0.25) is 0 Å². The second-order valence-corrected chi connectivity index (χ2v) is 6.42. The molecule has 0 aliphatic rings. The third kappa shape index (κ3) is 2.44. The minimum Gasteiger partial charge on any atom is -0.350 e. The van der Waals surface area contributed by atoms with Crippen LogP contribution in [0.25, 0.3) is 16.8 Å². The number of imidazole rings is 1. The van der Waals surface area contributed by atoms with Gasteiger partial charge in [-0.1, -0.05) is 12.1 Å². The highest BCUT2D eigenvalue weighted by Gasteiger charge is 2.18. The Labute approximate surface area is 126 Å². The largest absolute Gasteiger partial charge is 0.350 e. The van der Waals surface area contributed by atoms with Crippen molar-refractivity contribution in [3.63, 3.8) is 0 Å². The fourth-order valence-electron chi connectivity index (χ4n) is 2.43. The van der Waals surface area contributed by atoms with Crippen molar-refractivity contribution in [2.75, 3.05) is 0 Å². The Morgan fingerprint density at radius 1 is 1.33 bits per heavy atom. The first-order chi connectivity index (χ1) is 9.87. The molecule has 1 aromatic carbocycles. The van der Waals surface area contributed by atoms with Gasteiger partial charge in [-0.3, -0.25) is 13.8 Å². The van der Waals surface area contributed by atoms with Gasteiger partial charge in [0.25, 0.3) is 0 Å². The molecule has 3 aromatic rings. The van der Waals surface area contributed by atoms with Gasteiger partial charge in [0.2, 0.25) is 16.5 Å². The average Bonchev–Trinajstić information content (AvgIpc) is 2.89. The molecule has 0 bridgehead atoms. The molecule has 7 heteroatoms. The maximum Gasteiger partial charge on any atom is 0.240 e. The van der Waals surface area contributed by atoms with Crippen LogP contribution >= 0.6 is 12.2 Å². The van der Waals surface area contributed by atoms with Crippen LogP contribution in [0.15, 0.2) is 24.3 Å². The summed E-state index contributed by atoms with van der Waals surface area (Å²) in [4.78, 5) is 12.2. The molecule has 0 atom stereocenters. The minimum absolute atomic E-state index is 0.0559. The Kier molecular flexibility index (Phi) is 3.09. The quantitative estimate of drug-likeness (QED) is 0.714. The molecule has 0 unspecified atom stereocenters. The summed E-state index contributed by atoms with van der Waals surface area (Å²) in [6.45, 7) is 6.07. The maximum absolute atomic E-state index is 12.2. The normalized spacial score (nSPS) is 12.1. The highest BCUT2D eigenvalue weighted by Crippen LogP contribution is 2.19. The first-order valence-corrected chi connectivity index (χ1v) is 7.13. The van der Waals surface area contributed by atoms with Crippen LogP contribution in [0.3, 0.4) is 0 Å². The van der Waals surface area contributed by atoms with Gasteiger partial charge in [0, 0.05) is 5.54 Å². The van der Waals surface area contributed by atoms with Gasteiger partial charge in [-0.25, -0.2) is 5.10 Å². The molecule has 3 rings (SSSR count). The van der Waals surface area contributed by atoms with Crippen molar-refractivity contribution in [3.8, 4) is 0 Å². The number of hydrogen-bond donors (Lipinski definition) is 2. The van der Waals surface area contributed by atoms with Crippen molar-refractivity contribution in [1.82, 2.24) is 24.5 Å². The first-order valence-electron chi connectivity index (χ1n) is 6.72. The highest BCUT2D eigenvalue weighted by molar-refractivity contribution is 7.71. The number of aromatic amines is 1. The highest BCUT2D eigenvalue weighted by atomic mass is 32.1. The van der Waals surface area contributed by atoms with E-state index in [1.165, 1.54) is 0 Å². The second kappa shape index (κ2) is 4.70. The van der Waals surface area contributed by atoms with Crippen LogP contribution in [0.5, 0.6) is 0 Å². The summed E-state index contributed by atoms with van der Waals surface area (Å²) in [7, 11) is 0. The summed E-state index contributed by atoms with van der Waals surface area (Å²) in [5.74, 6) is 0.588. The van der Waals surface area contributed by atoms with Gasteiger partial charge in [-0.2, -0.15) is 0 Å². The Bertz CT molecular complexity index is 880. The number of para-hydroxylation sites is 2. The van der Waals surface area contributed by atoms with Gasteiger partial charge >= 0.3 is 0 Å². The van der Waals surface area contributed by atoms with Crippen LogP contribution in [0.1, 0.15) is 20.8 Å². The third-order valence-corrected chi connectivity index (χ3v) is 3.40. The Morgan fingerprint density at radius 3 is 2.67 bits per heavy atom. The number of nitrogens with one attached hydrogen (secondary N) is 2. The van der Waals surface area contributed by atoms with E-state index < -0.39 is 0 Å². The monoisotopic (exact) mass is 303 g/mol. The molecule has 0 radical (unpaired) electrons. The molecule has 0 saturated heterocycles. The van der Waals surface area contributed by atoms with E-state index in [1.54, 1.807) is 0 Å². The van der Waals surface area contributed by atoms with Crippen molar-refractivity contribution >= 4 is 34.9 Å². The molecule has 2 N–H and O–H groups in total. The molecule has 0 saturated carbocycles. The molecule has 0 fully saturated rings. The molecule has 1 amide bonds. The zero-order valence-electron chi connectivity index (χ0n) is 12.2. The number of rotatable bonds is 2. The Balaban J connectivity index is 2.12. The lowest BCUT2D eigenvalue weighted by Crippen LogP contribution is -2.42. The summed E-state index contributed by atoms with van der Waals surface area (Å²) < 4.78 is 4.23. The SMILES string of the molecule is CC(C)(C)NC(=O)Cn1c2ccccc2n2c(=S)[nH]nc12. The van der Waals surface area contributed by atoms with Crippen molar-refractivity contribution in [3.05, 3.63) is 29.0 Å². The van der Waals surface area contributed by atoms with E-state index >= 15 is 0 Å². The van der Waals surface area contributed by atoms with Crippen molar-refractivity contribution < 1.29 is 4.79 Å². The summed E-state index contributed by atoms with van der Waals surface area (Å²) >= 11 is 5.26. The molecular weight excluding hydrogens is 286 g/mol. The lowest BCUT2D eigenvalue weighted by atomic mass is 10.1. The number of nitrogens with zero attached hydrogens (tertiary/aromatic N) is 3. The molecule has 2 aromatic heterocycles. The van der Waals surface area contributed by atoms with E-state index in [9.17, 15) is 4.79 Å². The molecule has 110 valence electrons. The predicted octanol–water partition coefficient (Wildman–Crippen LogP) is 2.26. The smallest absolute Gasteiger partial charge is 0.240 e. The second-order valence-electron chi connectivity index (χ2n) is 6.04.